The van der Waals surface area contributed by atoms with E-state index in [1.807, 2.05) is 0 Å². The summed E-state index contributed by atoms with van der Waals surface area (Å²) < 4.78 is 0. The van der Waals surface area contributed by atoms with Crippen molar-refractivity contribution >= 4 is 0 Å². The average molecular weight is 180 g/mol. The van der Waals surface area contributed by atoms with Gasteiger partial charge in [0.1, 0.15) is 0 Å². The van der Waals surface area contributed by atoms with Gasteiger partial charge in [-0.2, -0.15) is 0 Å². The van der Waals surface area contributed by atoms with Crippen LogP contribution in [0.1, 0.15) is 25.7 Å². The lowest BCUT2D eigenvalue weighted by atomic mass is 10.2. The molecule has 0 saturated carbocycles. The van der Waals surface area contributed by atoms with Crippen molar-refractivity contribution in [2.24, 2.45) is 0 Å². The second-order valence-corrected chi connectivity index (χ2v) is 4.18. The molecule has 1 N–H and O–H groups in total. The second-order valence-electron chi connectivity index (χ2n) is 4.18. The number of likely N-dealkylation sites (tertiary alicyclic amines) is 1. The number of nitrogens with one attached hydrogen (secondary N) is 1. The fraction of sp³-hybridized carbons (Fsp3) is 0.818. The molecule has 1 fully saturated rings. The van der Waals surface area contributed by atoms with Gasteiger partial charge in [0.2, 0.25) is 0 Å². The van der Waals surface area contributed by atoms with E-state index in [4.69, 9.17) is 0 Å². The molecule has 0 aromatic heterocycles. The summed E-state index contributed by atoms with van der Waals surface area (Å²) in [6.07, 6.45) is 8.04. The molecule has 0 unspecified atom stereocenters. The van der Waals surface area contributed by atoms with Crippen molar-refractivity contribution in [3.63, 3.8) is 0 Å². The minimum atomic E-state index is 1.09. The zero-order valence-corrected chi connectivity index (χ0v) is 8.39. The molecule has 0 aromatic rings. The quantitative estimate of drug-likeness (QED) is 0.646. The van der Waals surface area contributed by atoms with Gasteiger partial charge in [0.25, 0.3) is 0 Å². The topological polar surface area (TPSA) is 15.3 Å². The highest BCUT2D eigenvalue weighted by Crippen LogP contribution is 2.11. The van der Waals surface area contributed by atoms with Gasteiger partial charge in [0.05, 0.1) is 0 Å². The Kier molecular flexibility index (Phi) is 3.39. The summed E-state index contributed by atoms with van der Waals surface area (Å²) in [6, 6.07) is 0. The Bertz CT molecular complexity index is 179. The Labute approximate surface area is 81.0 Å². The maximum atomic E-state index is 3.36. The van der Waals surface area contributed by atoms with E-state index in [1.165, 1.54) is 45.3 Å². The van der Waals surface area contributed by atoms with Gasteiger partial charge < -0.3 is 5.32 Å². The van der Waals surface area contributed by atoms with Crippen LogP contribution in [0.25, 0.3) is 0 Å². The van der Waals surface area contributed by atoms with Crippen LogP contribution in [0.2, 0.25) is 0 Å². The molecule has 0 aliphatic carbocycles. The highest BCUT2D eigenvalue weighted by Gasteiger charge is 2.11. The molecule has 2 rings (SSSR count). The SMILES string of the molecule is C1=C(CN2CCCCCC2)CNC1. The van der Waals surface area contributed by atoms with Crippen molar-refractivity contribution in [1.29, 1.82) is 0 Å². The highest BCUT2D eigenvalue weighted by molar-refractivity contribution is 5.12. The molecule has 2 nitrogen and oxygen atoms in total. The van der Waals surface area contributed by atoms with Crippen LogP contribution in [-0.4, -0.2) is 37.6 Å². The minimum Gasteiger partial charge on any atom is -0.309 e. The molecule has 0 bridgehead atoms. The zero-order valence-electron chi connectivity index (χ0n) is 8.39. The molecule has 1 saturated heterocycles. The second kappa shape index (κ2) is 4.77. The molecule has 2 heterocycles. The first-order valence-electron chi connectivity index (χ1n) is 5.56. The van der Waals surface area contributed by atoms with Gasteiger partial charge in [-0.1, -0.05) is 18.9 Å². The third kappa shape index (κ3) is 2.82. The molecule has 2 heteroatoms. The van der Waals surface area contributed by atoms with Crippen LogP contribution < -0.4 is 5.32 Å². The average Bonchev–Trinajstić information content (AvgIpc) is 2.49. The predicted molar refractivity (Wildman–Crippen MR) is 55.9 cm³/mol. The maximum Gasteiger partial charge on any atom is 0.0206 e. The molecule has 13 heavy (non-hydrogen) atoms. The van der Waals surface area contributed by atoms with Gasteiger partial charge >= 0.3 is 0 Å². The van der Waals surface area contributed by atoms with Crippen LogP contribution in [0.4, 0.5) is 0 Å². The van der Waals surface area contributed by atoms with E-state index in [-0.39, 0.29) is 0 Å². The highest BCUT2D eigenvalue weighted by atomic mass is 15.1. The van der Waals surface area contributed by atoms with Crippen LogP contribution in [-0.2, 0) is 0 Å². The van der Waals surface area contributed by atoms with Crippen LogP contribution in [0.5, 0.6) is 0 Å². The van der Waals surface area contributed by atoms with Crippen molar-refractivity contribution in [2.75, 3.05) is 32.7 Å². The molecule has 2 aliphatic rings. The molecule has 0 aromatic carbocycles. The third-order valence-corrected chi connectivity index (χ3v) is 3.01. The van der Waals surface area contributed by atoms with E-state index in [1.54, 1.807) is 5.57 Å². The minimum absolute atomic E-state index is 1.09. The van der Waals surface area contributed by atoms with Crippen LogP contribution in [0, 0.1) is 0 Å². The Balaban J connectivity index is 1.78. The molecule has 2 aliphatic heterocycles. The smallest absolute Gasteiger partial charge is 0.0206 e. The summed E-state index contributed by atoms with van der Waals surface area (Å²) in [7, 11) is 0. The molecular weight excluding hydrogens is 160 g/mol. The van der Waals surface area contributed by atoms with Gasteiger partial charge in [0.15, 0.2) is 0 Å². The summed E-state index contributed by atoms with van der Waals surface area (Å²) in [4.78, 5) is 2.62. The third-order valence-electron chi connectivity index (χ3n) is 3.01. The monoisotopic (exact) mass is 180 g/mol. The van der Waals surface area contributed by atoms with Crippen molar-refractivity contribution < 1.29 is 0 Å². The van der Waals surface area contributed by atoms with Gasteiger partial charge in [-0.05, 0) is 31.5 Å². The standard InChI is InChI=1S/C11H20N2/c1-2-4-8-13(7-3-1)10-11-5-6-12-9-11/h5,12H,1-4,6-10H2. The van der Waals surface area contributed by atoms with Crippen molar-refractivity contribution in [3.05, 3.63) is 11.6 Å². The molecule has 0 amide bonds. The first-order valence-corrected chi connectivity index (χ1v) is 5.56. The van der Waals surface area contributed by atoms with Gasteiger partial charge in [-0.3, -0.25) is 4.90 Å². The first-order chi connectivity index (χ1) is 6.45. The Morgan fingerprint density at radius 3 is 2.54 bits per heavy atom. The summed E-state index contributed by atoms with van der Waals surface area (Å²) in [5.41, 5.74) is 1.60. The molecular formula is C11H20N2. The number of hydrogen-bond acceptors (Lipinski definition) is 2. The molecule has 0 atom stereocenters. The van der Waals surface area contributed by atoms with E-state index in [2.05, 4.69) is 16.3 Å². The Hall–Kier alpha value is -0.340. The molecule has 0 spiro atoms. The zero-order chi connectivity index (χ0) is 8.93. The van der Waals surface area contributed by atoms with Crippen molar-refractivity contribution in [2.45, 2.75) is 25.7 Å². The van der Waals surface area contributed by atoms with Crippen LogP contribution in [0.15, 0.2) is 11.6 Å². The van der Waals surface area contributed by atoms with Gasteiger partial charge in [-0.15, -0.1) is 0 Å². The van der Waals surface area contributed by atoms with Gasteiger partial charge in [0, 0.05) is 19.6 Å². The summed E-state index contributed by atoms with van der Waals surface area (Å²) >= 11 is 0. The van der Waals surface area contributed by atoms with Crippen molar-refractivity contribution in [3.8, 4) is 0 Å². The largest absolute Gasteiger partial charge is 0.309 e. The lowest BCUT2D eigenvalue weighted by molar-refractivity contribution is 0.308. The first kappa shape index (κ1) is 9.22. The van der Waals surface area contributed by atoms with Crippen LogP contribution >= 0.6 is 0 Å². The lowest BCUT2D eigenvalue weighted by Crippen LogP contribution is -2.28. The van der Waals surface area contributed by atoms with E-state index in [9.17, 15) is 0 Å². The molecule has 0 radical (unpaired) electrons. The van der Waals surface area contributed by atoms with Crippen molar-refractivity contribution in [1.82, 2.24) is 10.2 Å². The van der Waals surface area contributed by atoms with E-state index in [0.717, 1.165) is 13.1 Å². The van der Waals surface area contributed by atoms with E-state index in [0.29, 0.717) is 0 Å². The van der Waals surface area contributed by atoms with E-state index >= 15 is 0 Å². The fourth-order valence-electron chi connectivity index (χ4n) is 2.22. The molecule has 74 valence electrons. The maximum absolute atomic E-state index is 3.36. The number of nitrogens with zero attached hydrogens (tertiary/aromatic N) is 1. The van der Waals surface area contributed by atoms with Crippen LogP contribution in [0.3, 0.4) is 0 Å². The summed E-state index contributed by atoms with van der Waals surface area (Å²) in [5.74, 6) is 0. The van der Waals surface area contributed by atoms with Gasteiger partial charge in [-0.25, -0.2) is 0 Å². The Morgan fingerprint density at radius 1 is 1.15 bits per heavy atom. The fourth-order valence-corrected chi connectivity index (χ4v) is 2.22. The summed E-state index contributed by atoms with van der Waals surface area (Å²) in [6.45, 7) is 6.06. The Morgan fingerprint density at radius 2 is 1.92 bits per heavy atom. The van der Waals surface area contributed by atoms with E-state index < -0.39 is 0 Å². The summed E-state index contributed by atoms with van der Waals surface area (Å²) in [5, 5.41) is 3.36. The number of rotatable bonds is 2. The lowest BCUT2D eigenvalue weighted by Gasteiger charge is -2.19. The normalized spacial score (nSPS) is 25.7. The predicted octanol–water partition coefficient (Wildman–Crippen LogP) is 1.39. The number of hydrogen-bond donors (Lipinski definition) is 1.